The molecule has 0 bridgehead atoms. The maximum atomic E-state index is 11.8. The highest BCUT2D eigenvalue weighted by atomic mass is 32.1. The van der Waals surface area contributed by atoms with E-state index in [4.69, 9.17) is 9.47 Å². The molecule has 0 saturated heterocycles. The molecule has 23 heavy (non-hydrogen) atoms. The van der Waals surface area contributed by atoms with Crippen LogP contribution in [-0.4, -0.2) is 29.5 Å². The molecule has 1 aliphatic heterocycles. The third-order valence-corrected chi connectivity index (χ3v) is 4.57. The Labute approximate surface area is 136 Å². The molecular formula is C16H13N3O3S. The summed E-state index contributed by atoms with van der Waals surface area (Å²) < 4.78 is 12.4. The van der Waals surface area contributed by atoms with Crippen molar-refractivity contribution in [1.82, 2.24) is 15.3 Å². The lowest BCUT2D eigenvalue weighted by Gasteiger charge is -2.07. The molecule has 116 valence electrons. The Balaban J connectivity index is 1.60. The minimum atomic E-state index is -0.268. The summed E-state index contributed by atoms with van der Waals surface area (Å²) in [6, 6.07) is 9.29. The second-order valence-electron chi connectivity index (χ2n) is 5.08. The number of ether oxygens (including phenoxy) is 2. The summed E-state index contributed by atoms with van der Waals surface area (Å²) >= 11 is 1.43. The summed E-state index contributed by atoms with van der Waals surface area (Å²) in [4.78, 5) is 20.3. The van der Waals surface area contributed by atoms with Gasteiger partial charge in [-0.2, -0.15) is 4.98 Å². The van der Waals surface area contributed by atoms with Crippen molar-refractivity contribution in [3.63, 3.8) is 0 Å². The zero-order chi connectivity index (χ0) is 15.8. The number of amides is 1. The average molecular weight is 327 g/mol. The van der Waals surface area contributed by atoms with E-state index in [1.165, 1.54) is 11.3 Å². The number of thiazole rings is 1. The quantitative estimate of drug-likeness (QED) is 0.801. The fourth-order valence-electron chi connectivity index (χ4n) is 2.54. The van der Waals surface area contributed by atoms with E-state index < -0.39 is 0 Å². The predicted molar refractivity (Wildman–Crippen MR) is 86.2 cm³/mol. The summed E-state index contributed by atoms with van der Waals surface area (Å²) in [5, 5.41) is 3.18. The van der Waals surface area contributed by atoms with E-state index in [0.29, 0.717) is 28.9 Å². The second-order valence-corrected chi connectivity index (χ2v) is 6.08. The number of carbonyl (C=O) groups excluding carboxylic acids is 1. The first-order chi connectivity index (χ1) is 11.2. The fraction of sp³-hybridized carbons (Fsp3) is 0.188. The van der Waals surface area contributed by atoms with Crippen molar-refractivity contribution < 1.29 is 14.3 Å². The van der Waals surface area contributed by atoms with Crippen molar-refractivity contribution in [2.45, 2.75) is 5.92 Å². The topological polar surface area (TPSA) is 73.3 Å². The summed E-state index contributed by atoms with van der Waals surface area (Å²) in [6.07, 6.45) is 1.70. The second kappa shape index (κ2) is 5.51. The fourth-order valence-corrected chi connectivity index (χ4v) is 3.33. The number of hydrogen-bond donors (Lipinski definition) is 1. The molecule has 0 saturated carbocycles. The van der Waals surface area contributed by atoms with Crippen molar-refractivity contribution in [2.75, 3.05) is 13.7 Å². The molecule has 2 aromatic heterocycles. The van der Waals surface area contributed by atoms with Crippen LogP contribution in [0, 0.1) is 0 Å². The van der Waals surface area contributed by atoms with Crippen molar-refractivity contribution >= 4 is 27.6 Å². The molecule has 1 amide bonds. The first-order valence-corrected chi connectivity index (χ1v) is 7.94. The van der Waals surface area contributed by atoms with Crippen LogP contribution in [0.3, 0.4) is 0 Å². The number of carbonyl (C=O) groups is 1. The Morgan fingerprint density at radius 1 is 1.43 bits per heavy atom. The lowest BCUT2D eigenvalue weighted by molar-refractivity contribution is -0.122. The van der Waals surface area contributed by atoms with Crippen LogP contribution >= 0.6 is 11.3 Å². The standard InChI is InChI=1S/C16H13N3O3S/c1-17-15(20)11-8-21-12-7-9(4-5-10(11)12)22-16-19-14-13(23-16)3-2-6-18-14/h2-7,11H,8H2,1H3,(H,17,20). The highest BCUT2D eigenvalue weighted by Gasteiger charge is 2.30. The number of likely N-dealkylation sites (N-methyl/N-ethyl adjacent to an activating group) is 1. The normalized spacial score (nSPS) is 16.0. The maximum Gasteiger partial charge on any atom is 0.281 e. The van der Waals surface area contributed by atoms with Crippen molar-refractivity contribution in [3.05, 3.63) is 42.1 Å². The van der Waals surface area contributed by atoms with Gasteiger partial charge in [0.15, 0.2) is 5.65 Å². The Hall–Kier alpha value is -2.67. The SMILES string of the molecule is CNC(=O)C1COc2cc(Oc3nc4ncccc4s3)ccc21. The first-order valence-electron chi connectivity index (χ1n) is 7.12. The molecule has 1 N–H and O–H groups in total. The largest absolute Gasteiger partial charge is 0.492 e. The van der Waals surface area contributed by atoms with E-state index in [2.05, 4.69) is 15.3 Å². The Bertz CT molecular complexity index is 860. The Morgan fingerprint density at radius 3 is 3.17 bits per heavy atom. The molecule has 6 nitrogen and oxygen atoms in total. The van der Waals surface area contributed by atoms with Crippen LogP contribution in [0.15, 0.2) is 36.5 Å². The van der Waals surface area contributed by atoms with Gasteiger partial charge in [0.1, 0.15) is 24.0 Å². The number of hydrogen-bond acceptors (Lipinski definition) is 6. The number of nitrogens with one attached hydrogen (secondary N) is 1. The zero-order valence-electron chi connectivity index (χ0n) is 12.3. The molecule has 0 radical (unpaired) electrons. The molecule has 7 heteroatoms. The van der Waals surface area contributed by atoms with Crippen LogP contribution in [-0.2, 0) is 4.79 Å². The van der Waals surface area contributed by atoms with Gasteiger partial charge in [0, 0.05) is 24.9 Å². The van der Waals surface area contributed by atoms with Gasteiger partial charge in [-0.1, -0.05) is 17.4 Å². The average Bonchev–Trinajstić information content (AvgIpc) is 3.16. The minimum absolute atomic E-state index is 0.0466. The number of nitrogens with zero attached hydrogens (tertiary/aromatic N) is 2. The number of benzene rings is 1. The molecular weight excluding hydrogens is 314 g/mol. The van der Waals surface area contributed by atoms with Gasteiger partial charge >= 0.3 is 0 Å². The van der Waals surface area contributed by atoms with E-state index in [1.807, 2.05) is 24.3 Å². The van der Waals surface area contributed by atoms with Gasteiger partial charge in [-0.15, -0.1) is 0 Å². The monoisotopic (exact) mass is 327 g/mol. The maximum absolute atomic E-state index is 11.8. The third-order valence-electron chi connectivity index (χ3n) is 3.68. The molecule has 1 unspecified atom stereocenters. The number of fused-ring (bicyclic) bond motifs is 2. The first kappa shape index (κ1) is 14.0. The van der Waals surface area contributed by atoms with Crippen LogP contribution in [0.4, 0.5) is 0 Å². The van der Waals surface area contributed by atoms with Gasteiger partial charge in [0.05, 0.1) is 4.70 Å². The van der Waals surface area contributed by atoms with Crippen LogP contribution in [0.25, 0.3) is 10.3 Å². The summed E-state index contributed by atoms with van der Waals surface area (Å²) in [5.41, 5.74) is 1.55. The van der Waals surface area contributed by atoms with Crippen LogP contribution in [0.2, 0.25) is 0 Å². The molecule has 4 rings (SSSR count). The summed E-state index contributed by atoms with van der Waals surface area (Å²) in [5.74, 6) is 0.987. The Kier molecular flexibility index (Phi) is 3.34. The van der Waals surface area contributed by atoms with Gasteiger partial charge in [-0.25, -0.2) is 4.98 Å². The highest BCUT2D eigenvalue weighted by Crippen LogP contribution is 2.38. The molecule has 0 fully saturated rings. The predicted octanol–water partition coefficient (Wildman–Crippen LogP) is 2.71. The van der Waals surface area contributed by atoms with Gasteiger partial charge in [0.25, 0.3) is 5.19 Å². The highest BCUT2D eigenvalue weighted by molar-refractivity contribution is 7.20. The molecule has 3 heterocycles. The smallest absolute Gasteiger partial charge is 0.281 e. The van der Waals surface area contributed by atoms with Gasteiger partial charge in [0.2, 0.25) is 5.91 Å². The van der Waals surface area contributed by atoms with E-state index in [1.54, 1.807) is 19.3 Å². The Morgan fingerprint density at radius 2 is 2.35 bits per heavy atom. The summed E-state index contributed by atoms with van der Waals surface area (Å²) in [7, 11) is 1.62. The molecule has 3 aromatic rings. The van der Waals surface area contributed by atoms with Gasteiger partial charge in [-0.05, 0) is 18.2 Å². The molecule has 1 aromatic carbocycles. The van der Waals surface area contributed by atoms with Crippen molar-refractivity contribution in [3.8, 4) is 16.7 Å². The number of pyridine rings is 1. The third kappa shape index (κ3) is 2.49. The number of rotatable bonds is 3. The number of aromatic nitrogens is 2. The van der Waals surface area contributed by atoms with Gasteiger partial charge in [-0.3, -0.25) is 4.79 Å². The lowest BCUT2D eigenvalue weighted by atomic mass is 10.0. The van der Waals surface area contributed by atoms with Crippen molar-refractivity contribution in [1.29, 1.82) is 0 Å². The molecule has 1 atom stereocenters. The van der Waals surface area contributed by atoms with Crippen molar-refractivity contribution in [2.24, 2.45) is 0 Å². The van der Waals surface area contributed by atoms with E-state index in [9.17, 15) is 4.79 Å². The van der Waals surface area contributed by atoms with Crippen LogP contribution < -0.4 is 14.8 Å². The van der Waals surface area contributed by atoms with Crippen LogP contribution in [0.5, 0.6) is 16.7 Å². The van der Waals surface area contributed by atoms with E-state index >= 15 is 0 Å². The molecule has 1 aliphatic rings. The molecule has 0 aliphatic carbocycles. The lowest BCUT2D eigenvalue weighted by Crippen LogP contribution is -2.26. The minimum Gasteiger partial charge on any atom is -0.492 e. The van der Waals surface area contributed by atoms with E-state index in [0.717, 1.165) is 10.3 Å². The van der Waals surface area contributed by atoms with Crippen LogP contribution in [0.1, 0.15) is 11.5 Å². The van der Waals surface area contributed by atoms with E-state index in [-0.39, 0.29) is 11.8 Å². The zero-order valence-corrected chi connectivity index (χ0v) is 13.1. The van der Waals surface area contributed by atoms with Gasteiger partial charge < -0.3 is 14.8 Å². The summed E-state index contributed by atoms with van der Waals surface area (Å²) in [6.45, 7) is 0.351. The molecule has 0 spiro atoms.